The molecule has 0 saturated carbocycles. The number of rotatable bonds is 2. The lowest BCUT2D eigenvalue weighted by Gasteiger charge is -2.06. The number of benzene rings is 1. The Morgan fingerprint density at radius 1 is 1.30 bits per heavy atom. The zero-order chi connectivity index (χ0) is 15.2. The summed E-state index contributed by atoms with van der Waals surface area (Å²) in [4.78, 5) is 0. The standard InChI is InChI=1S/C10H12N3.CHF3O2S/c11-6-8-13-7-5-9-3-1-2-4-10(9)12-13;2-1(3,4)7(5)6/h1-5,7H,6,8,11H2;(H,5,6)/q+1;/p-1. The van der Waals surface area contributed by atoms with Gasteiger partial charge in [0.15, 0.2) is 12.7 Å². The summed E-state index contributed by atoms with van der Waals surface area (Å²) in [5.41, 5.74) is 1.37. The van der Waals surface area contributed by atoms with Crippen molar-refractivity contribution in [2.75, 3.05) is 6.54 Å². The van der Waals surface area contributed by atoms with E-state index < -0.39 is 16.6 Å². The van der Waals surface area contributed by atoms with Crippen molar-refractivity contribution in [3.05, 3.63) is 36.5 Å². The van der Waals surface area contributed by atoms with Crippen LogP contribution >= 0.6 is 0 Å². The summed E-state index contributed by atoms with van der Waals surface area (Å²) >= 11 is -3.93. The first kappa shape index (κ1) is 16.5. The summed E-state index contributed by atoms with van der Waals surface area (Å²) in [6, 6.07) is 10.1. The van der Waals surface area contributed by atoms with Crippen molar-refractivity contribution in [2.45, 2.75) is 12.1 Å². The molecule has 5 nitrogen and oxygen atoms in total. The van der Waals surface area contributed by atoms with E-state index in [2.05, 4.69) is 17.2 Å². The largest absolute Gasteiger partial charge is 0.766 e. The van der Waals surface area contributed by atoms with Crippen LogP contribution in [-0.4, -0.2) is 25.9 Å². The fourth-order valence-electron chi connectivity index (χ4n) is 1.31. The summed E-state index contributed by atoms with van der Waals surface area (Å²) in [6.07, 6.45) is 1.95. The van der Waals surface area contributed by atoms with Gasteiger partial charge >= 0.3 is 5.51 Å². The molecule has 20 heavy (non-hydrogen) atoms. The number of halogens is 3. The molecular formula is C11H12F3N3O2S. The first-order valence-corrected chi connectivity index (χ1v) is 6.53. The van der Waals surface area contributed by atoms with Gasteiger partial charge in [0, 0.05) is 16.6 Å². The van der Waals surface area contributed by atoms with Gasteiger partial charge in [-0.15, -0.1) is 0 Å². The maximum absolute atomic E-state index is 10.6. The highest BCUT2D eigenvalue weighted by atomic mass is 32.2. The van der Waals surface area contributed by atoms with Crippen molar-refractivity contribution in [1.29, 1.82) is 0 Å². The van der Waals surface area contributed by atoms with Crippen LogP contribution in [0.15, 0.2) is 36.5 Å². The first-order valence-electron chi connectivity index (χ1n) is 5.46. The van der Waals surface area contributed by atoms with Crippen LogP contribution in [0.4, 0.5) is 13.2 Å². The van der Waals surface area contributed by atoms with Crippen LogP contribution in [0.25, 0.3) is 10.9 Å². The Bertz CT molecular complexity index is 592. The highest BCUT2D eigenvalue weighted by Crippen LogP contribution is 2.16. The molecule has 2 N–H and O–H groups in total. The molecule has 0 aliphatic rings. The summed E-state index contributed by atoms with van der Waals surface area (Å²) in [5.74, 6) is 0. The number of nitrogens with zero attached hydrogens (tertiary/aromatic N) is 2. The summed E-state index contributed by atoms with van der Waals surface area (Å²) < 4.78 is 51.4. The van der Waals surface area contributed by atoms with Crippen LogP contribution in [0.1, 0.15) is 0 Å². The number of nitrogens with two attached hydrogens (primary N) is 1. The fraction of sp³-hybridized carbons (Fsp3) is 0.273. The molecule has 0 aliphatic heterocycles. The van der Waals surface area contributed by atoms with Crippen molar-refractivity contribution >= 4 is 22.0 Å². The highest BCUT2D eigenvalue weighted by Gasteiger charge is 2.28. The topological polar surface area (TPSA) is 82.9 Å². The van der Waals surface area contributed by atoms with E-state index in [4.69, 9.17) is 14.5 Å². The average Bonchev–Trinajstić information content (AvgIpc) is 2.38. The second-order valence-corrected chi connectivity index (χ2v) is 4.54. The Morgan fingerprint density at radius 2 is 1.90 bits per heavy atom. The third-order valence-electron chi connectivity index (χ3n) is 2.15. The molecule has 1 atom stereocenters. The van der Waals surface area contributed by atoms with E-state index in [1.807, 2.05) is 29.1 Å². The number of aromatic nitrogens is 2. The van der Waals surface area contributed by atoms with Gasteiger partial charge in [0.05, 0.1) is 17.6 Å². The summed E-state index contributed by atoms with van der Waals surface area (Å²) in [5, 5.41) is 5.56. The van der Waals surface area contributed by atoms with Crippen LogP contribution in [0.3, 0.4) is 0 Å². The highest BCUT2D eigenvalue weighted by molar-refractivity contribution is 7.80. The van der Waals surface area contributed by atoms with Crippen LogP contribution in [-0.2, 0) is 17.6 Å². The van der Waals surface area contributed by atoms with Crippen molar-refractivity contribution in [2.24, 2.45) is 5.73 Å². The molecule has 9 heteroatoms. The molecule has 2 aromatic rings. The minimum Gasteiger partial charge on any atom is -0.766 e. The average molecular weight is 307 g/mol. The molecule has 110 valence electrons. The predicted molar refractivity (Wildman–Crippen MR) is 66.0 cm³/mol. The van der Waals surface area contributed by atoms with E-state index in [-0.39, 0.29) is 0 Å². The van der Waals surface area contributed by atoms with Gasteiger partial charge in [0.1, 0.15) is 5.52 Å². The molecular weight excluding hydrogens is 295 g/mol. The fourth-order valence-corrected chi connectivity index (χ4v) is 1.31. The van der Waals surface area contributed by atoms with Gasteiger partial charge in [-0.05, 0) is 6.07 Å². The minimum atomic E-state index is -5.08. The molecule has 1 aromatic heterocycles. The lowest BCUT2D eigenvalue weighted by Crippen LogP contribution is -2.40. The van der Waals surface area contributed by atoms with Gasteiger partial charge in [-0.3, -0.25) is 4.21 Å². The molecule has 1 unspecified atom stereocenters. The van der Waals surface area contributed by atoms with E-state index in [1.165, 1.54) is 0 Å². The Hall–Kier alpha value is -1.58. The lowest BCUT2D eigenvalue weighted by atomic mass is 10.2. The van der Waals surface area contributed by atoms with Crippen LogP contribution < -0.4 is 10.4 Å². The summed E-state index contributed by atoms with van der Waals surface area (Å²) in [7, 11) is 0. The Labute approximate surface area is 115 Å². The second-order valence-electron chi connectivity index (χ2n) is 3.61. The van der Waals surface area contributed by atoms with E-state index in [9.17, 15) is 13.2 Å². The Kier molecular flexibility index (Phi) is 5.99. The Balaban J connectivity index is 0.000000246. The van der Waals surface area contributed by atoms with Crippen molar-refractivity contribution in [3.8, 4) is 0 Å². The van der Waals surface area contributed by atoms with E-state index in [0.29, 0.717) is 6.54 Å². The maximum Gasteiger partial charge on any atom is 0.458 e. The van der Waals surface area contributed by atoms with Crippen LogP contribution in [0.5, 0.6) is 0 Å². The van der Waals surface area contributed by atoms with Crippen molar-refractivity contribution in [1.82, 2.24) is 5.10 Å². The second kappa shape index (κ2) is 7.27. The van der Waals surface area contributed by atoms with Crippen molar-refractivity contribution in [3.63, 3.8) is 0 Å². The van der Waals surface area contributed by atoms with Gasteiger partial charge < -0.3 is 10.3 Å². The van der Waals surface area contributed by atoms with E-state index >= 15 is 0 Å². The van der Waals surface area contributed by atoms with Crippen LogP contribution in [0.2, 0.25) is 0 Å². The minimum absolute atomic E-state index is 0.621. The van der Waals surface area contributed by atoms with Crippen molar-refractivity contribution < 1.29 is 26.6 Å². The SMILES string of the molecule is NCC[n+]1ccc2ccccc2n1.O=S([O-])C(F)(F)F. The smallest absolute Gasteiger partial charge is 0.458 e. The van der Waals surface area contributed by atoms with E-state index in [0.717, 1.165) is 17.4 Å². The third-order valence-corrected chi connectivity index (χ3v) is 2.52. The maximum atomic E-state index is 10.6. The number of alkyl halides is 3. The molecule has 2 rings (SSSR count). The van der Waals surface area contributed by atoms with Crippen LogP contribution in [0, 0.1) is 0 Å². The quantitative estimate of drug-likeness (QED) is 0.659. The first-order chi connectivity index (χ1) is 9.34. The molecule has 0 bridgehead atoms. The Morgan fingerprint density at radius 3 is 2.45 bits per heavy atom. The van der Waals surface area contributed by atoms with Gasteiger partial charge in [-0.2, -0.15) is 13.2 Å². The molecule has 0 aliphatic carbocycles. The molecule has 0 amide bonds. The summed E-state index contributed by atoms with van der Waals surface area (Å²) in [6.45, 7) is 1.39. The molecule has 0 radical (unpaired) electrons. The predicted octanol–water partition coefficient (Wildman–Crippen LogP) is 0.866. The molecule has 0 saturated heterocycles. The van der Waals surface area contributed by atoms with Gasteiger partial charge in [-0.1, -0.05) is 22.9 Å². The molecule has 0 spiro atoms. The third kappa shape index (κ3) is 5.19. The number of hydrogen-bond donors (Lipinski definition) is 1. The van der Waals surface area contributed by atoms with Gasteiger partial charge in [-0.25, -0.2) is 0 Å². The van der Waals surface area contributed by atoms with Gasteiger partial charge in [0.2, 0.25) is 0 Å². The zero-order valence-corrected chi connectivity index (χ0v) is 11.0. The monoisotopic (exact) mass is 307 g/mol. The van der Waals surface area contributed by atoms with Gasteiger partial charge in [0.25, 0.3) is 0 Å². The molecule has 0 fully saturated rings. The molecule has 1 aromatic carbocycles. The number of hydrogen-bond acceptors (Lipinski definition) is 4. The lowest BCUT2D eigenvalue weighted by molar-refractivity contribution is -0.749. The normalized spacial score (nSPS) is 12.7. The zero-order valence-electron chi connectivity index (χ0n) is 10.2. The number of fused-ring (bicyclic) bond motifs is 1. The van der Waals surface area contributed by atoms with E-state index in [1.54, 1.807) is 0 Å². The molecule has 1 heterocycles.